The van der Waals surface area contributed by atoms with E-state index in [2.05, 4.69) is 5.32 Å². The summed E-state index contributed by atoms with van der Waals surface area (Å²) in [7, 11) is 0. The van der Waals surface area contributed by atoms with Crippen LogP contribution < -0.4 is 10.9 Å². The van der Waals surface area contributed by atoms with Crippen LogP contribution in [0.4, 0.5) is 0 Å². The number of amides is 1. The molecule has 2 N–H and O–H groups in total. The van der Waals surface area contributed by atoms with Gasteiger partial charge in [0.25, 0.3) is 11.5 Å². The van der Waals surface area contributed by atoms with Gasteiger partial charge >= 0.3 is 0 Å². The summed E-state index contributed by atoms with van der Waals surface area (Å²) in [5.41, 5.74) is 0.826. The first kappa shape index (κ1) is 16.8. The predicted octanol–water partition coefficient (Wildman–Crippen LogP) is 3.22. The first-order valence-corrected chi connectivity index (χ1v) is 8.25. The number of carbonyl (C=O) groups excluding carboxylic acids is 1. The Kier molecular flexibility index (Phi) is 4.57. The Bertz CT molecular complexity index is 977. The highest BCUT2D eigenvalue weighted by Crippen LogP contribution is 2.26. The number of rotatable bonds is 4. The zero-order chi connectivity index (χ0) is 18.0. The van der Waals surface area contributed by atoms with Gasteiger partial charge in [-0.25, -0.2) is 0 Å². The summed E-state index contributed by atoms with van der Waals surface area (Å²) in [6.07, 6.45) is 0. The first-order chi connectivity index (χ1) is 12.0. The van der Waals surface area contributed by atoms with Gasteiger partial charge in [-0.2, -0.15) is 0 Å². The van der Waals surface area contributed by atoms with E-state index in [1.54, 1.807) is 24.3 Å². The number of pyridine rings is 1. The molecule has 0 aliphatic carbocycles. The van der Waals surface area contributed by atoms with Gasteiger partial charge in [0, 0.05) is 11.9 Å². The number of nitrogens with zero attached hydrogens (tertiary/aromatic N) is 1. The van der Waals surface area contributed by atoms with Crippen molar-refractivity contribution in [3.05, 3.63) is 76.1 Å². The molecule has 3 aromatic rings. The highest BCUT2D eigenvalue weighted by atomic mass is 16.3. The fraction of sp³-hybridized carbons (Fsp3) is 0.200. The lowest BCUT2D eigenvalue weighted by molar-refractivity contribution is 0.0935. The number of aryl methyl sites for hydroxylation is 1. The van der Waals surface area contributed by atoms with Crippen molar-refractivity contribution in [1.29, 1.82) is 0 Å². The maximum Gasteiger partial charge on any atom is 0.267 e. The number of fused-ring (bicyclic) bond motifs is 1. The highest BCUT2D eigenvalue weighted by molar-refractivity contribution is 6.02. The molecule has 5 nitrogen and oxygen atoms in total. The highest BCUT2D eigenvalue weighted by Gasteiger charge is 2.23. The minimum Gasteiger partial charge on any atom is -0.506 e. The van der Waals surface area contributed by atoms with Crippen LogP contribution in [0.15, 0.2) is 59.4 Å². The molecule has 0 fully saturated rings. The zero-order valence-electron chi connectivity index (χ0n) is 14.2. The summed E-state index contributed by atoms with van der Waals surface area (Å²) in [4.78, 5) is 25.4. The lowest BCUT2D eigenvalue weighted by atomic mass is 10.1. The van der Waals surface area contributed by atoms with Gasteiger partial charge in [0.2, 0.25) is 0 Å². The summed E-state index contributed by atoms with van der Waals surface area (Å²) in [6.45, 7) is 4.08. The quantitative estimate of drug-likeness (QED) is 0.768. The number of benzene rings is 2. The first-order valence-electron chi connectivity index (χ1n) is 8.25. The van der Waals surface area contributed by atoms with Crippen molar-refractivity contribution in [1.82, 2.24) is 9.88 Å². The van der Waals surface area contributed by atoms with E-state index >= 15 is 0 Å². The molecule has 1 aromatic heterocycles. The average molecular weight is 336 g/mol. The van der Waals surface area contributed by atoms with E-state index in [1.165, 1.54) is 4.57 Å². The summed E-state index contributed by atoms with van der Waals surface area (Å²) in [6, 6.07) is 16.2. The summed E-state index contributed by atoms with van der Waals surface area (Å²) < 4.78 is 1.50. The maximum atomic E-state index is 12.7. The van der Waals surface area contributed by atoms with Crippen molar-refractivity contribution in [2.75, 3.05) is 0 Å². The van der Waals surface area contributed by atoms with Crippen molar-refractivity contribution in [2.45, 2.75) is 26.4 Å². The van der Waals surface area contributed by atoms with Gasteiger partial charge in [-0.05, 0) is 31.5 Å². The summed E-state index contributed by atoms with van der Waals surface area (Å²) in [5, 5.41) is 13.8. The van der Waals surface area contributed by atoms with Gasteiger partial charge < -0.3 is 15.0 Å². The Labute approximate surface area is 145 Å². The number of carbonyl (C=O) groups is 1. The van der Waals surface area contributed by atoms with Crippen LogP contribution in [0.3, 0.4) is 0 Å². The molecule has 0 aliphatic heterocycles. The Morgan fingerprint density at radius 2 is 1.76 bits per heavy atom. The normalized spacial score (nSPS) is 12.1. The third kappa shape index (κ3) is 3.01. The van der Waals surface area contributed by atoms with Crippen LogP contribution in [0, 0.1) is 0 Å². The molecule has 1 heterocycles. The monoisotopic (exact) mass is 336 g/mol. The third-order valence-corrected chi connectivity index (χ3v) is 4.34. The largest absolute Gasteiger partial charge is 0.506 e. The third-order valence-electron chi connectivity index (χ3n) is 4.34. The molecule has 0 saturated heterocycles. The standard InChI is InChI=1S/C20H20N2O3/c1-3-22-16-12-8-7-11-15(16)18(23)17(20(22)25)19(24)21-13(2)14-9-5-4-6-10-14/h4-13,23H,3H2,1-2H3,(H,21,24)/t13-/m0/s1. The van der Waals surface area contributed by atoms with Crippen molar-refractivity contribution in [3.63, 3.8) is 0 Å². The molecule has 2 aromatic carbocycles. The van der Waals surface area contributed by atoms with Crippen LogP contribution in [-0.2, 0) is 6.54 Å². The molecular formula is C20H20N2O3. The molecule has 128 valence electrons. The van der Waals surface area contributed by atoms with Crippen LogP contribution in [0.1, 0.15) is 35.8 Å². The van der Waals surface area contributed by atoms with Crippen molar-refractivity contribution < 1.29 is 9.90 Å². The van der Waals surface area contributed by atoms with E-state index in [0.717, 1.165) is 5.56 Å². The van der Waals surface area contributed by atoms with E-state index in [-0.39, 0.29) is 17.4 Å². The SMILES string of the molecule is CCn1c(=O)c(C(=O)N[C@@H](C)c2ccccc2)c(O)c2ccccc21. The van der Waals surface area contributed by atoms with Gasteiger partial charge in [0.05, 0.1) is 11.6 Å². The second-order valence-electron chi connectivity index (χ2n) is 5.90. The number of aromatic nitrogens is 1. The van der Waals surface area contributed by atoms with Crippen LogP contribution in [0.5, 0.6) is 5.75 Å². The van der Waals surface area contributed by atoms with Crippen molar-refractivity contribution in [2.24, 2.45) is 0 Å². The van der Waals surface area contributed by atoms with E-state index in [9.17, 15) is 14.7 Å². The van der Waals surface area contributed by atoms with E-state index in [0.29, 0.717) is 17.4 Å². The van der Waals surface area contributed by atoms with E-state index < -0.39 is 11.5 Å². The molecule has 0 spiro atoms. The fourth-order valence-electron chi connectivity index (χ4n) is 3.00. The Balaban J connectivity index is 2.06. The Morgan fingerprint density at radius 1 is 1.12 bits per heavy atom. The zero-order valence-corrected chi connectivity index (χ0v) is 14.2. The number of aromatic hydroxyl groups is 1. The molecule has 25 heavy (non-hydrogen) atoms. The van der Waals surface area contributed by atoms with Crippen molar-refractivity contribution >= 4 is 16.8 Å². The molecule has 1 atom stereocenters. The van der Waals surface area contributed by atoms with E-state index in [4.69, 9.17) is 0 Å². The molecule has 0 saturated carbocycles. The molecule has 0 aliphatic rings. The summed E-state index contributed by atoms with van der Waals surface area (Å²) in [5.74, 6) is -0.852. The van der Waals surface area contributed by atoms with Crippen molar-refractivity contribution in [3.8, 4) is 5.75 Å². The second kappa shape index (κ2) is 6.81. The smallest absolute Gasteiger partial charge is 0.267 e. The number of nitrogens with one attached hydrogen (secondary N) is 1. The van der Waals surface area contributed by atoms with Gasteiger partial charge in [0.15, 0.2) is 0 Å². The molecule has 1 amide bonds. The minimum absolute atomic E-state index is 0.219. The minimum atomic E-state index is -0.577. The average Bonchev–Trinajstić information content (AvgIpc) is 2.63. The van der Waals surface area contributed by atoms with Crippen LogP contribution in [0.25, 0.3) is 10.9 Å². The van der Waals surface area contributed by atoms with Gasteiger partial charge in [-0.1, -0.05) is 42.5 Å². The molecule has 5 heteroatoms. The van der Waals surface area contributed by atoms with Crippen LogP contribution >= 0.6 is 0 Å². The maximum absolute atomic E-state index is 12.7. The van der Waals surface area contributed by atoms with Gasteiger partial charge in [-0.15, -0.1) is 0 Å². The Hall–Kier alpha value is -3.08. The lowest BCUT2D eigenvalue weighted by Gasteiger charge is -2.17. The molecular weight excluding hydrogens is 316 g/mol. The number of para-hydroxylation sites is 1. The number of hydrogen-bond acceptors (Lipinski definition) is 3. The van der Waals surface area contributed by atoms with Gasteiger partial charge in [0.1, 0.15) is 11.3 Å². The fourth-order valence-corrected chi connectivity index (χ4v) is 3.00. The molecule has 0 bridgehead atoms. The number of hydrogen-bond donors (Lipinski definition) is 2. The molecule has 0 radical (unpaired) electrons. The lowest BCUT2D eigenvalue weighted by Crippen LogP contribution is -2.34. The summed E-state index contributed by atoms with van der Waals surface area (Å²) >= 11 is 0. The van der Waals surface area contributed by atoms with E-state index in [1.807, 2.05) is 44.2 Å². The molecule has 0 unspecified atom stereocenters. The van der Waals surface area contributed by atoms with Crippen LogP contribution in [-0.4, -0.2) is 15.6 Å². The predicted molar refractivity (Wildman–Crippen MR) is 97.9 cm³/mol. The topological polar surface area (TPSA) is 71.3 Å². The molecule has 3 rings (SSSR count). The second-order valence-corrected chi connectivity index (χ2v) is 5.90. The Morgan fingerprint density at radius 3 is 2.44 bits per heavy atom. The van der Waals surface area contributed by atoms with Crippen LogP contribution in [0.2, 0.25) is 0 Å². The van der Waals surface area contributed by atoms with Gasteiger partial charge in [-0.3, -0.25) is 9.59 Å².